The average Bonchev–Trinajstić information content (AvgIpc) is 3.00. The molecule has 0 saturated heterocycles. The van der Waals surface area contributed by atoms with Crippen LogP contribution in [0.5, 0.6) is 0 Å². The Kier molecular flexibility index (Phi) is 2.92. The first-order chi connectivity index (χ1) is 8.02. The predicted octanol–water partition coefficient (Wildman–Crippen LogP) is -1.16. The van der Waals surface area contributed by atoms with E-state index in [1.807, 2.05) is 0 Å². The summed E-state index contributed by atoms with van der Waals surface area (Å²) in [6.07, 6.45) is 2.21. The fourth-order valence-corrected chi connectivity index (χ4v) is 2.12. The molecule has 94 valence electrons. The molecular formula is C11H16N2O4. The molecule has 1 heterocycles. The minimum Gasteiger partial charge on any atom is -0.396 e. The zero-order valence-electron chi connectivity index (χ0n) is 9.64. The number of H-pyrrole nitrogens is 1. The van der Waals surface area contributed by atoms with Crippen molar-refractivity contribution >= 4 is 0 Å². The van der Waals surface area contributed by atoms with Crippen molar-refractivity contribution in [3.63, 3.8) is 0 Å². The van der Waals surface area contributed by atoms with Gasteiger partial charge in [0.2, 0.25) is 0 Å². The quantitative estimate of drug-likeness (QED) is 0.618. The van der Waals surface area contributed by atoms with Crippen LogP contribution in [0.2, 0.25) is 0 Å². The maximum Gasteiger partial charge on any atom is 0.328 e. The lowest BCUT2D eigenvalue weighted by atomic mass is 10.1. The van der Waals surface area contributed by atoms with Crippen LogP contribution in [0.1, 0.15) is 12.0 Å². The molecular weight excluding hydrogens is 224 g/mol. The van der Waals surface area contributed by atoms with Crippen molar-refractivity contribution in [1.82, 2.24) is 9.55 Å². The monoisotopic (exact) mass is 240 g/mol. The molecule has 1 aliphatic carbocycles. The van der Waals surface area contributed by atoms with E-state index in [4.69, 9.17) is 10.2 Å². The third-order valence-electron chi connectivity index (χ3n) is 3.59. The summed E-state index contributed by atoms with van der Waals surface area (Å²) in [6.45, 7) is 1.89. The first-order valence-corrected chi connectivity index (χ1v) is 5.54. The molecule has 2 rings (SSSR count). The van der Waals surface area contributed by atoms with Crippen molar-refractivity contribution in [3.8, 4) is 0 Å². The Labute approximate surface area is 97.5 Å². The summed E-state index contributed by atoms with van der Waals surface area (Å²) in [5, 5.41) is 18.3. The molecule has 6 nitrogen and oxygen atoms in total. The maximum atomic E-state index is 11.5. The highest BCUT2D eigenvalue weighted by molar-refractivity contribution is 5.05. The van der Waals surface area contributed by atoms with Crippen LogP contribution in [0.3, 0.4) is 0 Å². The van der Waals surface area contributed by atoms with E-state index in [1.165, 1.54) is 10.8 Å². The number of aryl methyl sites for hydroxylation is 1. The summed E-state index contributed by atoms with van der Waals surface area (Å²) < 4.78 is 1.43. The van der Waals surface area contributed by atoms with Gasteiger partial charge in [0.05, 0.1) is 13.2 Å². The van der Waals surface area contributed by atoms with Gasteiger partial charge in [-0.05, 0) is 19.3 Å². The fourth-order valence-electron chi connectivity index (χ4n) is 2.12. The highest BCUT2D eigenvalue weighted by Crippen LogP contribution is 2.52. The van der Waals surface area contributed by atoms with Gasteiger partial charge >= 0.3 is 5.69 Å². The number of nitrogens with one attached hydrogen (secondary N) is 1. The second-order valence-corrected chi connectivity index (χ2v) is 4.80. The van der Waals surface area contributed by atoms with Gasteiger partial charge in [-0.2, -0.15) is 0 Å². The van der Waals surface area contributed by atoms with Gasteiger partial charge in [-0.25, -0.2) is 4.79 Å². The normalized spacial score (nSPS) is 21.5. The minimum atomic E-state index is -0.455. The van der Waals surface area contributed by atoms with Crippen molar-refractivity contribution in [3.05, 3.63) is 32.6 Å². The Morgan fingerprint density at radius 3 is 2.65 bits per heavy atom. The van der Waals surface area contributed by atoms with E-state index in [9.17, 15) is 9.59 Å². The van der Waals surface area contributed by atoms with E-state index in [1.54, 1.807) is 6.92 Å². The van der Waals surface area contributed by atoms with Crippen LogP contribution < -0.4 is 11.2 Å². The number of aliphatic hydroxyl groups is 2. The molecule has 0 aromatic carbocycles. The van der Waals surface area contributed by atoms with E-state index < -0.39 is 11.1 Å². The number of nitrogens with zero attached hydrogens (tertiary/aromatic N) is 1. The molecule has 0 bridgehead atoms. The average molecular weight is 240 g/mol. The highest BCUT2D eigenvalue weighted by atomic mass is 16.3. The van der Waals surface area contributed by atoms with E-state index in [0.29, 0.717) is 18.5 Å². The largest absolute Gasteiger partial charge is 0.396 e. The summed E-state index contributed by atoms with van der Waals surface area (Å²) in [6, 6.07) is 0. The fraction of sp³-hybridized carbons (Fsp3) is 0.636. The molecule has 1 saturated carbocycles. The molecule has 0 spiro atoms. The van der Waals surface area contributed by atoms with Crippen LogP contribution in [0, 0.1) is 18.3 Å². The predicted molar refractivity (Wildman–Crippen MR) is 60.8 cm³/mol. The SMILES string of the molecule is Cc1cn(CC2CC2(CO)CO)c(=O)[nH]c1=O. The van der Waals surface area contributed by atoms with Gasteiger partial charge in [0.15, 0.2) is 0 Å². The number of aromatic amines is 1. The van der Waals surface area contributed by atoms with Crippen molar-refractivity contribution < 1.29 is 10.2 Å². The standard InChI is InChI=1S/C11H16N2O4/c1-7-3-13(10(17)12-9(7)16)4-8-2-11(8,5-14)6-15/h3,8,14-15H,2,4-6H2,1H3,(H,12,16,17). The Morgan fingerprint density at radius 2 is 2.12 bits per heavy atom. The molecule has 0 amide bonds. The Morgan fingerprint density at radius 1 is 1.47 bits per heavy atom. The van der Waals surface area contributed by atoms with Crippen LogP contribution >= 0.6 is 0 Å². The second kappa shape index (κ2) is 4.12. The van der Waals surface area contributed by atoms with Crippen LogP contribution in [0.15, 0.2) is 15.8 Å². The van der Waals surface area contributed by atoms with Crippen molar-refractivity contribution in [2.75, 3.05) is 13.2 Å². The lowest BCUT2D eigenvalue weighted by molar-refractivity contribution is 0.119. The molecule has 1 fully saturated rings. The summed E-state index contributed by atoms with van der Waals surface area (Å²) >= 11 is 0. The summed E-state index contributed by atoms with van der Waals surface area (Å²) in [4.78, 5) is 24.9. The molecule has 1 aromatic rings. The number of aromatic nitrogens is 2. The van der Waals surface area contributed by atoms with Crippen molar-refractivity contribution in [2.45, 2.75) is 19.9 Å². The van der Waals surface area contributed by atoms with Crippen molar-refractivity contribution in [2.24, 2.45) is 11.3 Å². The Hall–Kier alpha value is -1.40. The van der Waals surface area contributed by atoms with E-state index >= 15 is 0 Å². The molecule has 6 heteroatoms. The number of rotatable bonds is 4. The second-order valence-electron chi connectivity index (χ2n) is 4.80. The summed E-state index contributed by atoms with van der Waals surface area (Å²) in [5.74, 6) is 0.0838. The molecule has 1 aliphatic rings. The Bertz CT molecular complexity index is 527. The lowest BCUT2D eigenvalue weighted by Crippen LogP contribution is -2.32. The molecule has 0 radical (unpaired) electrons. The first kappa shape index (κ1) is 12.1. The first-order valence-electron chi connectivity index (χ1n) is 5.54. The van der Waals surface area contributed by atoms with Gasteiger partial charge in [-0.1, -0.05) is 0 Å². The van der Waals surface area contributed by atoms with E-state index in [0.717, 1.165) is 0 Å². The zero-order chi connectivity index (χ0) is 12.6. The van der Waals surface area contributed by atoms with Crippen LogP contribution in [-0.2, 0) is 6.54 Å². The molecule has 3 N–H and O–H groups in total. The van der Waals surface area contributed by atoms with Gasteiger partial charge in [0, 0.05) is 23.7 Å². The van der Waals surface area contributed by atoms with E-state index in [2.05, 4.69) is 4.98 Å². The van der Waals surface area contributed by atoms with E-state index in [-0.39, 0.29) is 24.7 Å². The molecule has 1 aromatic heterocycles. The smallest absolute Gasteiger partial charge is 0.328 e. The van der Waals surface area contributed by atoms with Gasteiger partial charge in [0.25, 0.3) is 5.56 Å². The lowest BCUT2D eigenvalue weighted by Gasteiger charge is -2.11. The van der Waals surface area contributed by atoms with Crippen LogP contribution in [0.4, 0.5) is 0 Å². The third-order valence-corrected chi connectivity index (χ3v) is 3.59. The van der Waals surface area contributed by atoms with Gasteiger partial charge < -0.3 is 14.8 Å². The maximum absolute atomic E-state index is 11.5. The zero-order valence-corrected chi connectivity index (χ0v) is 9.64. The molecule has 1 unspecified atom stereocenters. The van der Waals surface area contributed by atoms with Crippen molar-refractivity contribution in [1.29, 1.82) is 0 Å². The number of hydrogen-bond donors (Lipinski definition) is 3. The van der Waals surface area contributed by atoms with Crippen LogP contribution in [-0.4, -0.2) is 33.0 Å². The molecule has 1 atom stereocenters. The van der Waals surface area contributed by atoms with Gasteiger partial charge in [0.1, 0.15) is 0 Å². The number of hydrogen-bond acceptors (Lipinski definition) is 4. The summed E-state index contributed by atoms with van der Waals surface area (Å²) in [7, 11) is 0. The number of aliphatic hydroxyl groups excluding tert-OH is 2. The third kappa shape index (κ3) is 2.05. The highest BCUT2D eigenvalue weighted by Gasteiger charge is 2.53. The Balaban J connectivity index is 2.19. The molecule has 17 heavy (non-hydrogen) atoms. The van der Waals surface area contributed by atoms with Crippen LogP contribution in [0.25, 0.3) is 0 Å². The van der Waals surface area contributed by atoms with Gasteiger partial charge in [-0.15, -0.1) is 0 Å². The topological polar surface area (TPSA) is 95.3 Å². The molecule has 0 aliphatic heterocycles. The van der Waals surface area contributed by atoms with Gasteiger partial charge in [-0.3, -0.25) is 9.78 Å². The minimum absolute atomic E-state index is 0.0781. The summed E-state index contributed by atoms with van der Waals surface area (Å²) in [5.41, 5.74) is -0.803.